The molecule has 0 atom stereocenters. The molecule has 0 fully saturated rings. The second kappa shape index (κ2) is 4.64. The highest BCUT2D eigenvalue weighted by atomic mass is 16.1. The van der Waals surface area contributed by atoms with Crippen LogP contribution in [-0.2, 0) is 17.8 Å². The molecule has 1 aliphatic rings. The third kappa shape index (κ3) is 2.40. The number of Topliss-reactive ketones (excluding diaryl/α,β-unsaturated/α-hetero) is 1. The highest BCUT2D eigenvalue weighted by Gasteiger charge is 2.12. The number of carbonyl (C=O) groups is 1. The summed E-state index contributed by atoms with van der Waals surface area (Å²) in [6.45, 7) is 5.04. The fraction of sp³-hybridized carbons (Fsp3) is 0.538. The number of carbonyl (C=O) groups excluding carboxylic acids is 1. The Morgan fingerprint density at radius 1 is 1.44 bits per heavy atom. The molecule has 3 nitrogen and oxygen atoms in total. The Labute approximate surface area is 96.2 Å². The van der Waals surface area contributed by atoms with Gasteiger partial charge in [0.05, 0.1) is 5.69 Å². The molecule has 0 spiro atoms. The van der Waals surface area contributed by atoms with Crippen LogP contribution in [0.1, 0.15) is 37.6 Å². The number of ketones is 1. The van der Waals surface area contributed by atoms with Crippen LogP contribution in [0.3, 0.4) is 0 Å². The summed E-state index contributed by atoms with van der Waals surface area (Å²) in [6.07, 6.45) is 5.29. The lowest BCUT2D eigenvalue weighted by atomic mass is 9.95. The summed E-state index contributed by atoms with van der Waals surface area (Å²) in [5, 5.41) is 4.43. The van der Waals surface area contributed by atoms with Gasteiger partial charge < -0.3 is 0 Å². The van der Waals surface area contributed by atoms with E-state index in [0.717, 1.165) is 25.1 Å². The van der Waals surface area contributed by atoms with E-state index < -0.39 is 0 Å². The Morgan fingerprint density at radius 3 is 2.88 bits per heavy atom. The first-order valence-corrected chi connectivity index (χ1v) is 5.92. The Kier molecular flexibility index (Phi) is 3.22. The fourth-order valence-corrected chi connectivity index (χ4v) is 2.17. The van der Waals surface area contributed by atoms with E-state index in [2.05, 4.69) is 24.2 Å². The first-order valence-electron chi connectivity index (χ1n) is 5.92. The van der Waals surface area contributed by atoms with Gasteiger partial charge in [-0.15, -0.1) is 0 Å². The minimum atomic E-state index is 0.365. The van der Waals surface area contributed by atoms with E-state index in [9.17, 15) is 4.79 Å². The third-order valence-corrected chi connectivity index (χ3v) is 3.04. The number of hydrogen-bond acceptors (Lipinski definition) is 2. The van der Waals surface area contributed by atoms with Crippen molar-refractivity contribution in [3.63, 3.8) is 0 Å². The largest absolute Gasteiger partial charge is 0.299 e. The molecule has 0 radical (unpaired) electrons. The van der Waals surface area contributed by atoms with Crippen molar-refractivity contribution in [3.8, 4) is 0 Å². The van der Waals surface area contributed by atoms with Gasteiger partial charge in [0, 0.05) is 31.5 Å². The predicted octanol–water partition coefficient (Wildman–Crippen LogP) is 2.43. The van der Waals surface area contributed by atoms with E-state index in [1.165, 1.54) is 11.3 Å². The van der Waals surface area contributed by atoms with Crippen molar-refractivity contribution in [2.45, 2.75) is 46.1 Å². The van der Waals surface area contributed by atoms with Crippen molar-refractivity contribution in [1.82, 2.24) is 9.78 Å². The fourth-order valence-electron chi connectivity index (χ4n) is 2.17. The van der Waals surface area contributed by atoms with Gasteiger partial charge in [-0.25, -0.2) is 0 Å². The second-order valence-electron chi connectivity index (χ2n) is 4.37. The van der Waals surface area contributed by atoms with Crippen molar-refractivity contribution in [3.05, 3.63) is 29.1 Å². The molecule has 0 aliphatic heterocycles. The molecule has 0 bridgehead atoms. The molecule has 0 saturated carbocycles. The van der Waals surface area contributed by atoms with Gasteiger partial charge in [0.15, 0.2) is 0 Å². The summed E-state index contributed by atoms with van der Waals surface area (Å²) in [6, 6.07) is 2.14. The van der Waals surface area contributed by atoms with Gasteiger partial charge in [0.2, 0.25) is 0 Å². The number of aryl methyl sites for hydroxylation is 2. The third-order valence-electron chi connectivity index (χ3n) is 3.04. The minimum Gasteiger partial charge on any atom is -0.299 e. The molecule has 0 amide bonds. The standard InChI is InChI=1S/C13H18N2O/c1-3-15-12(8-10(2)14-15)9-11-4-6-13(16)7-5-11/h4,8H,3,5-7,9H2,1-2H3. The van der Waals surface area contributed by atoms with Crippen LogP contribution in [-0.4, -0.2) is 15.6 Å². The first-order chi connectivity index (χ1) is 7.69. The van der Waals surface area contributed by atoms with Crippen molar-refractivity contribution >= 4 is 5.78 Å². The summed E-state index contributed by atoms with van der Waals surface area (Å²) < 4.78 is 2.05. The van der Waals surface area contributed by atoms with Gasteiger partial charge in [-0.3, -0.25) is 9.48 Å². The lowest BCUT2D eigenvalue weighted by Gasteiger charge is -2.12. The average molecular weight is 218 g/mol. The molecular weight excluding hydrogens is 200 g/mol. The van der Waals surface area contributed by atoms with Crippen LogP contribution in [0, 0.1) is 6.92 Å². The molecule has 2 rings (SSSR count). The Hall–Kier alpha value is -1.38. The van der Waals surface area contributed by atoms with Gasteiger partial charge in [-0.2, -0.15) is 5.10 Å². The van der Waals surface area contributed by atoms with E-state index in [1.807, 2.05) is 11.6 Å². The average Bonchev–Trinajstić information content (AvgIpc) is 2.62. The molecule has 1 aromatic rings. The second-order valence-corrected chi connectivity index (χ2v) is 4.37. The van der Waals surface area contributed by atoms with E-state index in [0.29, 0.717) is 18.6 Å². The molecule has 16 heavy (non-hydrogen) atoms. The zero-order valence-electron chi connectivity index (χ0n) is 9.99. The molecule has 1 aliphatic carbocycles. The maximum absolute atomic E-state index is 11.1. The van der Waals surface area contributed by atoms with Crippen molar-refractivity contribution in [2.75, 3.05) is 0 Å². The van der Waals surface area contributed by atoms with Crippen LogP contribution in [0.15, 0.2) is 17.7 Å². The summed E-state index contributed by atoms with van der Waals surface area (Å²) in [5.74, 6) is 0.365. The maximum atomic E-state index is 11.1. The first kappa shape index (κ1) is 11.1. The van der Waals surface area contributed by atoms with E-state index in [4.69, 9.17) is 0 Å². The van der Waals surface area contributed by atoms with E-state index in [-0.39, 0.29) is 0 Å². The Bertz CT molecular complexity index is 429. The molecule has 0 saturated heterocycles. The van der Waals surface area contributed by atoms with Crippen LogP contribution in [0.5, 0.6) is 0 Å². The number of allylic oxidation sites excluding steroid dienone is 2. The number of aromatic nitrogens is 2. The monoisotopic (exact) mass is 218 g/mol. The molecule has 1 heterocycles. The molecule has 0 unspecified atom stereocenters. The molecule has 86 valence electrons. The maximum Gasteiger partial charge on any atom is 0.136 e. The zero-order valence-corrected chi connectivity index (χ0v) is 9.99. The molecular formula is C13H18N2O. The molecule has 3 heteroatoms. The topological polar surface area (TPSA) is 34.9 Å². The lowest BCUT2D eigenvalue weighted by Crippen LogP contribution is -2.08. The van der Waals surface area contributed by atoms with Gasteiger partial charge in [0.25, 0.3) is 0 Å². The number of hydrogen-bond donors (Lipinski definition) is 0. The van der Waals surface area contributed by atoms with Crippen LogP contribution in [0.4, 0.5) is 0 Å². The number of rotatable bonds is 3. The zero-order chi connectivity index (χ0) is 11.5. The van der Waals surface area contributed by atoms with Crippen molar-refractivity contribution < 1.29 is 4.79 Å². The van der Waals surface area contributed by atoms with Crippen molar-refractivity contribution in [1.29, 1.82) is 0 Å². The van der Waals surface area contributed by atoms with Crippen LogP contribution < -0.4 is 0 Å². The Morgan fingerprint density at radius 2 is 2.25 bits per heavy atom. The van der Waals surface area contributed by atoms with E-state index in [1.54, 1.807) is 0 Å². The van der Waals surface area contributed by atoms with Gasteiger partial charge in [0.1, 0.15) is 5.78 Å². The highest BCUT2D eigenvalue weighted by Crippen LogP contribution is 2.19. The SMILES string of the molecule is CCn1nc(C)cc1CC1=CCC(=O)CC1. The molecule has 0 N–H and O–H groups in total. The molecule has 0 aromatic carbocycles. The summed E-state index contributed by atoms with van der Waals surface area (Å²) >= 11 is 0. The predicted molar refractivity (Wildman–Crippen MR) is 63.3 cm³/mol. The summed E-state index contributed by atoms with van der Waals surface area (Å²) in [7, 11) is 0. The summed E-state index contributed by atoms with van der Waals surface area (Å²) in [5.41, 5.74) is 3.72. The summed E-state index contributed by atoms with van der Waals surface area (Å²) in [4.78, 5) is 11.1. The van der Waals surface area contributed by atoms with Gasteiger partial charge >= 0.3 is 0 Å². The minimum absolute atomic E-state index is 0.365. The smallest absolute Gasteiger partial charge is 0.136 e. The normalized spacial score (nSPS) is 16.4. The van der Waals surface area contributed by atoms with Crippen molar-refractivity contribution in [2.24, 2.45) is 0 Å². The molecule has 1 aromatic heterocycles. The Balaban J connectivity index is 2.11. The van der Waals surface area contributed by atoms with E-state index >= 15 is 0 Å². The quantitative estimate of drug-likeness (QED) is 0.730. The van der Waals surface area contributed by atoms with Crippen LogP contribution in [0.25, 0.3) is 0 Å². The van der Waals surface area contributed by atoms with Gasteiger partial charge in [-0.1, -0.05) is 11.6 Å². The van der Waals surface area contributed by atoms with Gasteiger partial charge in [-0.05, 0) is 26.3 Å². The van der Waals surface area contributed by atoms with Crippen LogP contribution in [0.2, 0.25) is 0 Å². The number of nitrogens with zero attached hydrogens (tertiary/aromatic N) is 2. The lowest BCUT2D eigenvalue weighted by molar-refractivity contribution is -0.118. The highest BCUT2D eigenvalue weighted by molar-refractivity contribution is 5.81. The van der Waals surface area contributed by atoms with Crippen LogP contribution >= 0.6 is 0 Å².